The first-order valence-corrected chi connectivity index (χ1v) is 14.9. The molecule has 0 aromatic heterocycles. The van der Waals surface area contributed by atoms with E-state index in [1.165, 1.54) is 19.8 Å². The van der Waals surface area contributed by atoms with Gasteiger partial charge in [0.05, 0.1) is 6.10 Å². The molecule has 0 aromatic carbocycles. The van der Waals surface area contributed by atoms with E-state index in [4.69, 9.17) is 28.8 Å². The average Bonchev–Trinajstić information content (AvgIpc) is 2.89. The highest BCUT2D eigenvalue weighted by Crippen LogP contribution is 2.31. The van der Waals surface area contributed by atoms with Crippen LogP contribution in [0.4, 0.5) is 0 Å². The Morgan fingerprint density at radius 1 is 0.950 bits per heavy atom. The van der Waals surface area contributed by atoms with Crippen molar-refractivity contribution in [3.05, 3.63) is 0 Å². The molecule has 2 aliphatic heterocycles. The number of hydrogen-bond donors (Lipinski definition) is 2. The lowest BCUT2D eigenvalue weighted by atomic mass is 9.97. The van der Waals surface area contributed by atoms with Crippen LogP contribution < -0.4 is 0 Å². The molecular weight excluding hydrogens is 524 g/mol. The van der Waals surface area contributed by atoms with Crippen LogP contribution in [0.5, 0.6) is 0 Å². The Hall–Kier alpha value is -2.24. The van der Waals surface area contributed by atoms with E-state index in [1.807, 2.05) is 0 Å². The zero-order chi connectivity index (χ0) is 29.3. The number of esters is 3. The van der Waals surface area contributed by atoms with E-state index in [1.54, 1.807) is 0 Å². The second kappa shape index (κ2) is 19.0. The van der Waals surface area contributed by atoms with Gasteiger partial charge in [-0.25, -0.2) is 0 Å². The summed E-state index contributed by atoms with van der Waals surface area (Å²) in [4.78, 5) is 47.8. The fourth-order valence-electron chi connectivity index (χ4n) is 5.10. The van der Waals surface area contributed by atoms with E-state index in [0.29, 0.717) is 6.42 Å². The van der Waals surface area contributed by atoms with E-state index in [2.05, 4.69) is 6.92 Å². The first kappa shape index (κ1) is 34.0. The summed E-state index contributed by atoms with van der Waals surface area (Å²) in [5.74, 6) is -3.67. The molecule has 6 atom stereocenters. The number of ether oxygens (including phenoxy) is 5. The molecule has 2 fully saturated rings. The number of aliphatic hydroxyl groups excluding tert-OH is 1. The van der Waals surface area contributed by atoms with Crippen LogP contribution in [-0.2, 0) is 42.9 Å². The smallest absolute Gasteiger partial charge is 0.317 e. The zero-order valence-electron chi connectivity index (χ0n) is 24.1. The van der Waals surface area contributed by atoms with Gasteiger partial charge in [-0.1, -0.05) is 77.6 Å². The normalized spacial score (nSPS) is 29.3. The van der Waals surface area contributed by atoms with Crippen molar-refractivity contribution in [1.29, 1.82) is 0 Å². The lowest BCUT2D eigenvalue weighted by Gasteiger charge is -2.44. The minimum absolute atomic E-state index is 0.131. The monoisotopic (exact) mass is 572 g/mol. The van der Waals surface area contributed by atoms with Crippen molar-refractivity contribution in [2.75, 3.05) is 6.61 Å². The van der Waals surface area contributed by atoms with Crippen LogP contribution in [0.1, 0.15) is 117 Å². The van der Waals surface area contributed by atoms with E-state index >= 15 is 0 Å². The van der Waals surface area contributed by atoms with Gasteiger partial charge in [0.1, 0.15) is 25.2 Å². The minimum Gasteiger partial charge on any atom is -0.481 e. The topological polar surface area (TPSA) is 155 Å². The number of aliphatic carboxylic acids is 1. The maximum absolute atomic E-state index is 12.9. The molecule has 2 aliphatic rings. The van der Waals surface area contributed by atoms with E-state index in [9.17, 15) is 24.3 Å². The number of fused-ring (bicyclic) bond motifs is 1. The third-order valence-corrected chi connectivity index (χ3v) is 7.26. The number of unbranched alkanes of at least 4 members (excludes halogenated alkanes) is 2. The van der Waals surface area contributed by atoms with Crippen molar-refractivity contribution in [3.8, 4) is 0 Å². The van der Waals surface area contributed by atoms with Crippen molar-refractivity contribution in [2.45, 2.75) is 153 Å². The summed E-state index contributed by atoms with van der Waals surface area (Å²) in [7, 11) is 0. The molecule has 0 aromatic rings. The molecule has 11 heteroatoms. The van der Waals surface area contributed by atoms with Crippen molar-refractivity contribution in [2.24, 2.45) is 0 Å². The third kappa shape index (κ3) is 13.0. The molecule has 2 rings (SSSR count). The van der Waals surface area contributed by atoms with Crippen molar-refractivity contribution in [3.63, 3.8) is 0 Å². The van der Waals surface area contributed by atoms with Crippen molar-refractivity contribution in [1.82, 2.24) is 0 Å². The molecular formula is C29H48O11. The number of carboxylic acid groups (broad SMARTS) is 1. The highest BCUT2D eigenvalue weighted by molar-refractivity contribution is 5.90. The van der Waals surface area contributed by atoms with Crippen LogP contribution in [0.2, 0.25) is 0 Å². The molecule has 2 saturated heterocycles. The highest BCUT2D eigenvalue weighted by Gasteiger charge is 2.51. The SMILES string of the molecule is CCCCC[C@@H]1CCCCCCCCCCCC(=O)O[C@H]2[C@H](O1)O[C@H](COC(C)=O)[C@@H](O)[C@@H]2OC(=O)CC(=O)O. The molecule has 0 amide bonds. The molecule has 40 heavy (non-hydrogen) atoms. The summed E-state index contributed by atoms with van der Waals surface area (Å²) >= 11 is 0. The summed E-state index contributed by atoms with van der Waals surface area (Å²) < 4.78 is 28.6. The van der Waals surface area contributed by atoms with Gasteiger partial charge >= 0.3 is 23.9 Å². The number of aliphatic hydroxyl groups is 1. The zero-order valence-corrected chi connectivity index (χ0v) is 24.1. The summed E-state index contributed by atoms with van der Waals surface area (Å²) in [6.07, 6.45) is 5.82. The largest absolute Gasteiger partial charge is 0.481 e. The van der Waals surface area contributed by atoms with Crippen LogP contribution in [0.25, 0.3) is 0 Å². The second-order valence-corrected chi connectivity index (χ2v) is 10.8. The predicted octanol–water partition coefficient (Wildman–Crippen LogP) is 4.20. The first-order chi connectivity index (χ1) is 19.2. The number of rotatable bonds is 9. The molecule has 2 heterocycles. The second-order valence-electron chi connectivity index (χ2n) is 10.8. The average molecular weight is 573 g/mol. The van der Waals surface area contributed by atoms with Gasteiger partial charge < -0.3 is 33.9 Å². The summed E-state index contributed by atoms with van der Waals surface area (Å²) in [6.45, 7) is 2.96. The van der Waals surface area contributed by atoms with Gasteiger partial charge in [0, 0.05) is 13.3 Å². The summed E-state index contributed by atoms with van der Waals surface area (Å²) in [5.41, 5.74) is 0. The van der Waals surface area contributed by atoms with Gasteiger partial charge in [-0.2, -0.15) is 0 Å². The van der Waals surface area contributed by atoms with Crippen LogP contribution in [-0.4, -0.2) is 77.5 Å². The Kier molecular flexibility index (Phi) is 16.1. The number of carbonyl (C=O) groups is 4. The lowest BCUT2D eigenvalue weighted by molar-refractivity contribution is -0.316. The van der Waals surface area contributed by atoms with Gasteiger partial charge in [0.2, 0.25) is 0 Å². The van der Waals surface area contributed by atoms with Crippen LogP contribution in [0.15, 0.2) is 0 Å². The van der Waals surface area contributed by atoms with Crippen molar-refractivity contribution < 1.29 is 53.1 Å². The molecule has 0 aliphatic carbocycles. The van der Waals surface area contributed by atoms with Crippen LogP contribution in [0, 0.1) is 0 Å². The molecule has 0 saturated carbocycles. The summed E-state index contributed by atoms with van der Waals surface area (Å²) in [6, 6.07) is 0. The molecule has 11 nitrogen and oxygen atoms in total. The minimum atomic E-state index is -1.57. The Balaban J connectivity index is 2.35. The maximum Gasteiger partial charge on any atom is 0.317 e. The maximum atomic E-state index is 12.9. The van der Waals surface area contributed by atoms with Gasteiger partial charge in [-0.3, -0.25) is 19.2 Å². The lowest BCUT2D eigenvalue weighted by Crippen LogP contribution is -2.62. The number of carboxylic acids is 1. The van der Waals surface area contributed by atoms with E-state index in [0.717, 1.165) is 70.6 Å². The Labute approximate surface area is 237 Å². The third-order valence-electron chi connectivity index (χ3n) is 7.26. The molecule has 0 unspecified atom stereocenters. The van der Waals surface area contributed by atoms with Gasteiger partial charge in [0.25, 0.3) is 0 Å². The Bertz CT molecular complexity index is 786. The molecule has 0 spiro atoms. The highest BCUT2D eigenvalue weighted by atomic mass is 16.7. The fourth-order valence-corrected chi connectivity index (χ4v) is 5.10. The van der Waals surface area contributed by atoms with Crippen molar-refractivity contribution >= 4 is 23.9 Å². The Morgan fingerprint density at radius 2 is 1.60 bits per heavy atom. The molecule has 230 valence electrons. The quantitative estimate of drug-likeness (QED) is 0.177. The number of hydrogen-bond acceptors (Lipinski definition) is 10. The van der Waals surface area contributed by atoms with Gasteiger partial charge in [-0.15, -0.1) is 0 Å². The standard InChI is InChI=1S/C29H48O11/c1-3-4-12-15-21-16-13-10-8-6-5-7-9-11-14-17-24(33)39-28-27(40-25(34)18-23(31)32)26(35)22(19-36-20(2)30)38-29(28)37-21/h21-22,26-29,35H,3-19H2,1-2H3,(H,31,32)/t21-,22-,26-,27+,28-,29-/m1/s1. The van der Waals surface area contributed by atoms with Crippen LogP contribution >= 0.6 is 0 Å². The molecule has 0 radical (unpaired) electrons. The molecule has 2 N–H and O–H groups in total. The van der Waals surface area contributed by atoms with Gasteiger partial charge in [0.15, 0.2) is 18.5 Å². The van der Waals surface area contributed by atoms with Crippen LogP contribution in [0.3, 0.4) is 0 Å². The first-order valence-electron chi connectivity index (χ1n) is 14.9. The van der Waals surface area contributed by atoms with Gasteiger partial charge in [-0.05, 0) is 19.3 Å². The summed E-state index contributed by atoms with van der Waals surface area (Å²) in [5, 5.41) is 20.1. The van der Waals surface area contributed by atoms with E-state index in [-0.39, 0.29) is 19.1 Å². The number of carbonyl (C=O) groups excluding carboxylic acids is 3. The molecule has 0 bridgehead atoms. The van der Waals surface area contributed by atoms with E-state index < -0.39 is 61.0 Å². The Morgan fingerprint density at radius 3 is 2.23 bits per heavy atom. The predicted molar refractivity (Wildman–Crippen MR) is 143 cm³/mol. The fraction of sp³-hybridized carbons (Fsp3) is 0.862.